The monoisotopic (exact) mass is 471 g/mol. The van der Waals surface area contributed by atoms with Gasteiger partial charge in [0.2, 0.25) is 0 Å². The van der Waals surface area contributed by atoms with Crippen LogP contribution in [0.25, 0.3) is 32.6 Å². The number of para-hydroxylation sites is 2. The topological polar surface area (TPSA) is 35.1 Å². The number of esters is 1. The van der Waals surface area contributed by atoms with Gasteiger partial charge in [0.1, 0.15) is 19.5 Å². The first-order chi connectivity index (χ1) is 17.7. The van der Waals surface area contributed by atoms with E-state index in [2.05, 4.69) is 118 Å². The van der Waals surface area contributed by atoms with Crippen LogP contribution in [-0.2, 0) is 29.0 Å². The summed E-state index contributed by atoms with van der Waals surface area (Å²) in [5.74, 6) is 0.689. The summed E-state index contributed by atoms with van der Waals surface area (Å²) in [6.07, 6.45) is 0.201. The van der Waals surface area contributed by atoms with Crippen molar-refractivity contribution in [2.45, 2.75) is 19.5 Å². The fraction of sp³-hybridized carbons (Fsp3) is 0.125. The van der Waals surface area contributed by atoms with E-state index in [-0.39, 0.29) is 12.4 Å². The molecular formula is C32H27N2O2+. The van der Waals surface area contributed by atoms with E-state index >= 15 is 0 Å². The molecule has 36 heavy (non-hydrogen) atoms. The number of hydrogen-bond acceptors (Lipinski definition) is 2. The van der Waals surface area contributed by atoms with E-state index in [9.17, 15) is 4.79 Å². The molecule has 0 aliphatic heterocycles. The number of ether oxygens (including phenoxy) is 1. The molecule has 6 rings (SSSR count). The molecule has 0 radical (unpaired) electrons. The Balaban J connectivity index is 1.49. The number of nitrogens with zero attached hydrogens (tertiary/aromatic N) is 2. The maximum Gasteiger partial charge on any atom is 0.317 e. The Labute approximate surface area is 210 Å². The summed E-state index contributed by atoms with van der Waals surface area (Å²) < 4.78 is 9.63. The maximum atomic E-state index is 12.6. The van der Waals surface area contributed by atoms with E-state index in [1.54, 1.807) is 0 Å². The highest BCUT2D eigenvalue weighted by atomic mass is 16.5. The summed E-state index contributed by atoms with van der Waals surface area (Å²) in [6.45, 7) is 1.34. The fourth-order valence-corrected chi connectivity index (χ4v) is 5.13. The lowest BCUT2D eigenvalue weighted by molar-refractivity contribution is -0.670. The molecule has 0 unspecified atom stereocenters. The molecule has 0 saturated heterocycles. The Morgan fingerprint density at radius 1 is 0.722 bits per heavy atom. The van der Waals surface area contributed by atoms with Crippen LogP contribution in [0.2, 0.25) is 0 Å². The molecule has 1 heterocycles. The summed E-state index contributed by atoms with van der Waals surface area (Å²) in [6, 6.07) is 38.3. The van der Waals surface area contributed by atoms with Gasteiger partial charge in [0.15, 0.2) is 11.0 Å². The molecule has 176 valence electrons. The maximum absolute atomic E-state index is 12.6. The van der Waals surface area contributed by atoms with Crippen LogP contribution in [0.4, 0.5) is 0 Å². The van der Waals surface area contributed by atoms with E-state index in [0.29, 0.717) is 13.1 Å². The van der Waals surface area contributed by atoms with Crippen LogP contribution in [-0.4, -0.2) is 17.6 Å². The summed E-state index contributed by atoms with van der Waals surface area (Å²) in [5, 5.41) is 4.87. The van der Waals surface area contributed by atoms with Crippen molar-refractivity contribution in [3.8, 4) is 0 Å². The smallest absolute Gasteiger partial charge is 0.317 e. The Hall–Kier alpha value is -4.44. The number of benzene rings is 5. The number of rotatable bonds is 6. The van der Waals surface area contributed by atoms with Gasteiger partial charge in [0, 0.05) is 0 Å². The van der Waals surface area contributed by atoms with Gasteiger partial charge in [-0.3, -0.25) is 4.79 Å². The Kier molecular flexibility index (Phi) is 5.70. The normalized spacial score (nSPS) is 11.4. The molecule has 4 heteroatoms. The second kappa shape index (κ2) is 9.31. The standard InChI is InChI=1S/C32H27N2O2/c1-36-32(35)20-31-33(21-23-14-16-25-8-2-4-10-27(25)18-23)29-12-6-7-13-30(29)34(31)22-24-15-17-26-9-3-5-11-28(26)19-24/h2-19H,20-22H2,1H3/q+1. The van der Waals surface area contributed by atoms with Gasteiger partial charge < -0.3 is 4.74 Å². The number of imidazole rings is 1. The van der Waals surface area contributed by atoms with Crippen molar-refractivity contribution >= 4 is 38.5 Å². The third-order valence-electron chi connectivity index (χ3n) is 6.93. The van der Waals surface area contributed by atoms with Crippen LogP contribution in [0.1, 0.15) is 17.0 Å². The molecule has 0 amide bonds. The molecule has 0 atom stereocenters. The highest BCUT2D eigenvalue weighted by molar-refractivity contribution is 5.84. The molecule has 6 aromatic rings. The lowest BCUT2D eigenvalue weighted by atomic mass is 10.1. The van der Waals surface area contributed by atoms with Crippen molar-refractivity contribution in [1.29, 1.82) is 0 Å². The number of carbonyl (C=O) groups is 1. The van der Waals surface area contributed by atoms with Crippen LogP contribution < -0.4 is 4.57 Å². The van der Waals surface area contributed by atoms with Crippen LogP contribution in [0.3, 0.4) is 0 Å². The highest BCUT2D eigenvalue weighted by Crippen LogP contribution is 2.22. The van der Waals surface area contributed by atoms with Crippen molar-refractivity contribution < 1.29 is 14.1 Å². The Bertz CT molecular complexity index is 1610. The van der Waals surface area contributed by atoms with Gasteiger partial charge in [-0.2, -0.15) is 0 Å². The number of hydrogen-bond donors (Lipinski definition) is 0. The van der Waals surface area contributed by atoms with Crippen LogP contribution in [0, 0.1) is 0 Å². The molecule has 4 nitrogen and oxygen atoms in total. The largest absolute Gasteiger partial charge is 0.469 e. The van der Waals surface area contributed by atoms with Gasteiger partial charge in [-0.25, -0.2) is 9.13 Å². The predicted octanol–water partition coefficient (Wildman–Crippen LogP) is 6.05. The molecule has 0 aliphatic carbocycles. The van der Waals surface area contributed by atoms with E-state index in [4.69, 9.17) is 4.74 Å². The summed E-state index contributed by atoms with van der Waals surface area (Å²) in [4.78, 5) is 12.6. The predicted molar refractivity (Wildman–Crippen MR) is 144 cm³/mol. The lowest BCUT2D eigenvalue weighted by Gasteiger charge is -2.08. The quantitative estimate of drug-likeness (QED) is 0.219. The molecule has 0 saturated carbocycles. The van der Waals surface area contributed by atoms with Crippen LogP contribution in [0.15, 0.2) is 109 Å². The van der Waals surface area contributed by atoms with Crippen molar-refractivity contribution in [3.05, 3.63) is 126 Å². The highest BCUT2D eigenvalue weighted by Gasteiger charge is 2.27. The van der Waals surface area contributed by atoms with Gasteiger partial charge in [-0.1, -0.05) is 84.9 Å². The molecule has 0 N–H and O–H groups in total. The average molecular weight is 472 g/mol. The van der Waals surface area contributed by atoms with Crippen LogP contribution >= 0.6 is 0 Å². The number of methoxy groups -OCH3 is 1. The molecule has 0 spiro atoms. The average Bonchev–Trinajstić information content (AvgIpc) is 3.20. The Morgan fingerprint density at radius 3 is 2.00 bits per heavy atom. The van der Waals surface area contributed by atoms with Gasteiger partial charge in [0.25, 0.3) is 5.82 Å². The SMILES string of the molecule is COC(=O)Cc1n(Cc2ccc3ccccc3c2)c2ccccc2[n+]1Cc1ccc2ccccc2c1. The van der Waals surface area contributed by atoms with Gasteiger partial charge >= 0.3 is 5.97 Å². The molecule has 0 bridgehead atoms. The zero-order valence-corrected chi connectivity index (χ0v) is 20.2. The van der Waals surface area contributed by atoms with Crippen LogP contribution in [0.5, 0.6) is 0 Å². The minimum Gasteiger partial charge on any atom is -0.469 e. The summed E-state index contributed by atoms with van der Waals surface area (Å²) in [7, 11) is 1.45. The molecule has 5 aromatic carbocycles. The van der Waals surface area contributed by atoms with E-state index < -0.39 is 0 Å². The second-order valence-electron chi connectivity index (χ2n) is 9.19. The van der Waals surface area contributed by atoms with Gasteiger partial charge in [-0.15, -0.1) is 0 Å². The van der Waals surface area contributed by atoms with Crippen molar-refractivity contribution in [1.82, 2.24) is 4.57 Å². The zero-order chi connectivity index (χ0) is 24.5. The molecular weight excluding hydrogens is 444 g/mol. The fourth-order valence-electron chi connectivity index (χ4n) is 5.13. The zero-order valence-electron chi connectivity index (χ0n) is 20.2. The van der Waals surface area contributed by atoms with E-state index in [1.807, 2.05) is 0 Å². The van der Waals surface area contributed by atoms with Crippen molar-refractivity contribution in [2.24, 2.45) is 0 Å². The summed E-state index contributed by atoms with van der Waals surface area (Å²) in [5.41, 5.74) is 4.59. The minimum atomic E-state index is -0.246. The lowest BCUT2D eigenvalue weighted by Crippen LogP contribution is -2.40. The molecule has 0 fully saturated rings. The molecule has 1 aromatic heterocycles. The third kappa shape index (κ3) is 4.11. The third-order valence-corrected chi connectivity index (χ3v) is 6.93. The number of carbonyl (C=O) groups excluding carboxylic acids is 1. The van der Waals surface area contributed by atoms with Crippen molar-refractivity contribution in [3.63, 3.8) is 0 Å². The molecule has 0 aliphatic rings. The first-order valence-corrected chi connectivity index (χ1v) is 12.2. The van der Waals surface area contributed by atoms with E-state index in [1.165, 1.54) is 39.8 Å². The van der Waals surface area contributed by atoms with Crippen molar-refractivity contribution in [2.75, 3.05) is 7.11 Å². The summed E-state index contributed by atoms with van der Waals surface area (Å²) >= 11 is 0. The first kappa shape index (κ1) is 22.1. The number of aromatic nitrogens is 2. The minimum absolute atomic E-state index is 0.201. The van der Waals surface area contributed by atoms with Gasteiger partial charge in [0.05, 0.1) is 7.11 Å². The first-order valence-electron chi connectivity index (χ1n) is 12.2. The Morgan fingerprint density at radius 2 is 1.31 bits per heavy atom. The van der Waals surface area contributed by atoms with E-state index in [0.717, 1.165) is 16.9 Å². The second-order valence-corrected chi connectivity index (χ2v) is 9.19. The van der Waals surface area contributed by atoms with Gasteiger partial charge in [-0.05, 0) is 56.9 Å². The number of fused-ring (bicyclic) bond motifs is 3.